The molecule has 4 heteroatoms. The number of aryl methyl sites for hydroxylation is 2. The van der Waals surface area contributed by atoms with E-state index in [4.69, 9.17) is 0 Å². The van der Waals surface area contributed by atoms with Crippen LogP contribution >= 0.6 is 0 Å². The summed E-state index contributed by atoms with van der Waals surface area (Å²) in [5, 5.41) is 1.40. The zero-order chi connectivity index (χ0) is 16.2. The van der Waals surface area contributed by atoms with Crippen LogP contribution in [0.3, 0.4) is 0 Å². The van der Waals surface area contributed by atoms with Gasteiger partial charge in [-0.25, -0.2) is 8.42 Å². The molecule has 120 valence electrons. The van der Waals surface area contributed by atoms with Crippen LogP contribution in [0, 0.1) is 0 Å². The van der Waals surface area contributed by atoms with Crippen LogP contribution in [0.25, 0.3) is 10.8 Å². The first kappa shape index (κ1) is 17.0. The van der Waals surface area contributed by atoms with Gasteiger partial charge in [-0.1, -0.05) is 51.0 Å². The highest BCUT2D eigenvalue weighted by molar-refractivity contribution is 7.86. The fourth-order valence-electron chi connectivity index (χ4n) is 2.71. The Hall–Kier alpha value is -1.39. The number of hydrogen-bond acceptors (Lipinski definition) is 3. The molecule has 22 heavy (non-hydrogen) atoms. The molecule has 0 heterocycles. The van der Waals surface area contributed by atoms with Crippen LogP contribution < -0.4 is 0 Å². The quantitative estimate of drug-likeness (QED) is 0.709. The van der Waals surface area contributed by atoms with E-state index in [2.05, 4.69) is 13.8 Å². The van der Waals surface area contributed by atoms with Gasteiger partial charge < -0.3 is 4.55 Å². The van der Waals surface area contributed by atoms with E-state index < -0.39 is 10.1 Å². The maximum atomic E-state index is 11.6. The summed E-state index contributed by atoms with van der Waals surface area (Å²) in [7, 11) is -4.46. The first-order valence-electron chi connectivity index (χ1n) is 7.97. The van der Waals surface area contributed by atoms with E-state index in [1.807, 2.05) is 18.2 Å². The maximum Gasteiger partial charge on any atom is 0.125 e. The van der Waals surface area contributed by atoms with Crippen LogP contribution in [0.15, 0.2) is 35.2 Å². The molecule has 0 saturated heterocycles. The van der Waals surface area contributed by atoms with Gasteiger partial charge in [0.25, 0.3) is 0 Å². The van der Waals surface area contributed by atoms with Crippen LogP contribution in [-0.4, -0.2) is 13.0 Å². The topological polar surface area (TPSA) is 57.2 Å². The molecule has 0 aliphatic heterocycles. The lowest BCUT2D eigenvalue weighted by Crippen LogP contribution is -2.02. The number of benzene rings is 2. The normalized spacial score (nSPS) is 12.0. The van der Waals surface area contributed by atoms with Gasteiger partial charge in [0, 0.05) is 0 Å². The fraction of sp³-hybridized carbons (Fsp3) is 0.444. The van der Waals surface area contributed by atoms with Gasteiger partial charge >= 0.3 is 0 Å². The molecular weight excluding hydrogens is 296 g/mol. The van der Waals surface area contributed by atoms with Crippen LogP contribution in [0.2, 0.25) is 0 Å². The molecule has 0 amide bonds. The Balaban J connectivity index is 2.55. The minimum Gasteiger partial charge on any atom is -0.744 e. The highest BCUT2D eigenvalue weighted by Crippen LogP contribution is 2.27. The lowest BCUT2D eigenvalue weighted by atomic mass is 9.99. The van der Waals surface area contributed by atoms with Gasteiger partial charge in [-0.3, -0.25) is 0 Å². The summed E-state index contributed by atoms with van der Waals surface area (Å²) in [6.45, 7) is 4.24. The SMILES string of the molecule is CCCCc1ccc2c(S(=O)(=O)[O-])cc(CCCC)cc2c1. The third kappa shape index (κ3) is 4.08. The Morgan fingerprint density at radius 2 is 1.50 bits per heavy atom. The van der Waals surface area contributed by atoms with Crippen molar-refractivity contribution in [3.05, 3.63) is 41.5 Å². The summed E-state index contributed by atoms with van der Waals surface area (Å²) < 4.78 is 34.7. The molecular formula is C18H23O3S-. The molecule has 0 aromatic heterocycles. The van der Waals surface area contributed by atoms with Gasteiger partial charge in [0.15, 0.2) is 0 Å². The molecule has 0 N–H and O–H groups in total. The molecule has 2 aromatic rings. The summed E-state index contributed by atoms with van der Waals surface area (Å²) in [6.07, 6.45) is 6.02. The van der Waals surface area contributed by atoms with Crippen molar-refractivity contribution in [2.24, 2.45) is 0 Å². The monoisotopic (exact) mass is 319 g/mol. The van der Waals surface area contributed by atoms with Crippen molar-refractivity contribution >= 4 is 20.9 Å². The second-order valence-electron chi connectivity index (χ2n) is 5.81. The molecule has 0 atom stereocenters. The number of fused-ring (bicyclic) bond motifs is 1. The highest BCUT2D eigenvalue weighted by Gasteiger charge is 2.10. The lowest BCUT2D eigenvalue weighted by Gasteiger charge is -2.14. The van der Waals surface area contributed by atoms with E-state index in [1.165, 1.54) is 5.56 Å². The van der Waals surface area contributed by atoms with Gasteiger partial charge in [0.2, 0.25) is 0 Å². The zero-order valence-corrected chi connectivity index (χ0v) is 14.1. The minimum absolute atomic E-state index is 0.0851. The second-order valence-corrected chi connectivity index (χ2v) is 7.16. The van der Waals surface area contributed by atoms with Crippen molar-refractivity contribution in [2.45, 2.75) is 57.3 Å². The summed E-state index contributed by atoms with van der Waals surface area (Å²) in [6, 6.07) is 9.30. The molecule has 0 bridgehead atoms. The van der Waals surface area contributed by atoms with Gasteiger partial charge in [0.1, 0.15) is 10.1 Å². The molecule has 0 spiro atoms. The molecule has 3 nitrogen and oxygen atoms in total. The minimum atomic E-state index is -4.46. The molecule has 0 saturated carbocycles. The van der Waals surface area contributed by atoms with Crippen molar-refractivity contribution in [1.82, 2.24) is 0 Å². The predicted molar refractivity (Wildman–Crippen MR) is 89.1 cm³/mol. The van der Waals surface area contributed by atoms with E-state index in [9.17, 15) is 13.0 Å². The molecule has 0 fully saturated rings. The molecule has 0 aliphatic carbocycles. The fourth-order valence-corrected chi connectivity index (χ4v) is 3.46. The lowest BCUT2D eigenvalue weighted by molar-refractivity contribution is 0.464. The second kappa shape index (κ2) is 7.25. The predicted octanol–water partition coefficient (Wildman–Crippen LogP) is 4.43. The van der Waals surface area contributed by atoms with E-state index in [-0.39, 0.29) is 4.90 Å². The van der Waals surface area contributed by atoms with E-state index in [0.29, 0.717) is 5.39 Å². The van der Waals surface area contributed by atoms with Crippen molar-refractivity contribution < 1.29 is 13.0 Å². The summed E-state index contributed by atoms with van der Waals surface area (Å²) in [5.41, 5.74) is 2.12. The van der Waals surface area contributed by atoms with Crippen molar-refractivity contribution in [1.29, 1.82) is 0 Å². The average molecular weight is 319 g/mol. The molecule has 0 radical (unpaired) electrons. The smallest absolute Gasteiger partial charge is 0.125 e. The zero-order valence-electron chi connectivity index (χ0n) is 13.3. The molecule has 2 rings (SSSR count). The Labute approximate surface area is 133 Å². The van der Waals surface area contributed by atoms with E-state index >= 15 is 0 Å². The molecule has 2 aromatic carbocycles. The van der Waals surface area contributed by atoms with Gasteiger partial charge in [-0.2, -0.15) is 0 Å². The maximum absolute atomic E-state index is 11.6. The standard InChI is InChI=1S/C18H24O3S/c1-3-5-7-14-9-10-17-16(11-14)12-15(8-6-4-2)13-18(17)22(19,20)21/h9-13H,3-8H2,1-2H3,(H,19,20,21)/p-1. The van der Waals surface area contributed by atoms with Gasteiger partial charge in [-0.15, -0.1) is 0 Å². The number of rotatable bonds is 7. The van der Waals surface area contributed by atoms with Crippen LogP contribution in [0.1, 0.15) is 50.7 Å². The first-order chi connectivity index (χ1) is 10.5. The van der Waals surface area contributed by atoms with E-state index in [1.54, 1.807) is 12.1 Å². The Morgan fingerprint density at radius 3 is 2.09 bits per heavy atom. The summed E-state index contributed by atoms with van der Waals surface area (Å²) >= 11 is 0. The third-order valence-corrected chi connectivity index (χ3v) is 4.82. The van der Waals surface area contributed by atoms with Crippen molar-refractivity contribution in [3.8, 4) is 0 Å². The van der Waals surface area contributed by atoms with Crippen molar-refractivity contribution in [3.63, 3.8) is 0 Å². The Morgan fingerprint density at radius 1 is 0.909 bits per heavy atom. The number of hydrogen-bond donors (Lipinski definition) is 0. The van der Waals surface area contributed by atoms with Crippen molar-refractivity contribution in [2.75, 3.05) is 0 Å². The first-order valence-corrected chi connectivity index (χ1v) is 9.38. The summed E-state index contributed by atoms with van der Waals surface area (Å²) in [5.74, 6) is 0. The molecule has 0 unspecified atom stereocenters. The van der Waals surface area contributed by atoms with Crippen LogP contribution in [-0.2, 0) is 23.0 Å². The largest absolute Gasteiger partial charge is 0.744 e. The van der Waals surface area contributed by atoms with Gasteiger partial charge in [-0.05, 0) is 53.6 Å². The van der Waals surface area contributed by atoms with Crippen LogP contribution in [0.4, 0.5) is 0 Å². The van der Waals surface area contributed by atoms with Crippen LogP contribution in [0.5, 0.6) is 0 Å². The molecule has 0 aliphatic rings. The van der Waals surface area contributed by atoms with E-state index in [0.717, 1.165) is 49.5 Å². The average Bonchev–Trinajstić information content (AvgIpc) is 2.48. The number of unbranched alkanes of at least 4 members (excludes halogenated alkanes) is 2. The highest BCUT2D eigenvalue weighted by atomic mass is 32.2. The Bertz CT molecular complexity index is 743. The third-order valence-electron chi connectivity index (χ3n) is 3.95. The van der Waals surface area contributed by atoms with Gasteiger partial charge in [0.05, 0.1) is 4.90 Å². The summed E-state index contributed by atoms with van der Waals surface area (Å²) in [4.78, 5) is -0.0851. The Kier molecular flexibility index (Phi) is 5.59.